The van der Waals surface area contributed by atoms with Crippen LogP contribution >= 0.6 is 11.8 Å². The number of carbonyl (C=O) groups excluding carboxylic acids is 1. The molecule has 158 valence electrons. The molecule has 0 bridgehead atoms. The van der Waals surface area contributed by atoms with Crippen molar-refractivity contribution in [2.45, 2.75) is 11.9 Å². The van der Waals surface area contributed by atoms with E-state index in [1.54, 1.807) is 12.1 Å². The van der Waals surface area contributed by atoms with Crippen molar-refractivity contribution >= 4 is 40.0 Å². The summed E-state index contributed by atoms with van der Waals surface area (Å²) in [6.07, 6.45) is 0. The molecule has 0 radical (unpaired) electrons. The van der Waals surface area contributed by atoms with Gasteiger partial charge >= 0.3 is 0 Å². The summed E-state index contributed by atoms with van der Waals surface area (Å²) in [6.45, 7) is 4.64. The van der Waals surface area contributed by atoms with Gasteiger partial charge in [0.25, 0.3) is 0 Å². The molecule has 7 nitrogen and oxygen atoms in total. The summed E-state index contributed by atoms with van der Waals surface area (Å²) in [7, 11) is 0. The minimum atomic E-state index is -0.242. The Labute approximate surface area is 182 Å². The zero-order valence-electron chi connectivity index (χ0n) is 17.0. The third-order valence-electron chi connectivity index (χ3n) is 5.52. The molecule has 3 heterocycles. The van der Waals surface area contributed by atoms with Gasteiger partial charge in [0.15, 0.2) is 5.65 Å². The fourth-order valence-corrected chi connectivity index (χ4v) is 4.75. The lowest BCUT2D eigenvalue weighted by atomic mass is 10.2. The summed E-state index contributed by atoms with van der Waals surface area (Å²) in [5.74, 6) is 0.921. The molecule has 2 aromatic heterocycles. The highest BCUT2D eigenvalue weighted by Gasteiger charge is 2.22. The Bertz CT molecular complexity index is 1250. The molecule has 5 rings (SSSR count). The molecular weight excluding hydrogens is 415 g/mol. The summed E-state index contributed by atoms with van der Waals surface area (Å²) >= 11 is 1.40. The van der Waals surface area contributed by atoms with Gasteiger partial charge in [-0.25, -0.2) is 9.37 Å². The first kappa shape index (κ1) is 19.7. The van der Waals surface area contributed by atoms with Gasteiger partial charge in [0.05, 0.1) is 16.8 Å². The molecule has 0 atom stereocenters. The molecule has 2 aromatic carbocycles. The normalized spacial score (nSPS) is 14.5. The zero-order valence-corrected chi connectivity index (χ0v) is 17.8. The van der Waals surface area contributed by atoms with E-state index in [1.807, 2.05) is 40.5 Å². The average molecular weight is 437 g/mol. The molecule has 0 aliphatic carbocycles. The predicted octanol–water partition coefficient (Wildman–Crippen LogP) is 3.17. The zero-order chi connectivity index (χ0) is 21.4. The topological polar surface area (TPSA) is 66.6 Å². The second-order valence-electron chi connectivity index (χ2n) is 7.44. The molecule has 0 spiro atoms. The van der Waals surface area contributed by atoms with Gasteiger partial charge < -0.3 is 9.80 Å². The van der Waals surface area contributed by atoms with E-state index in [0.29, 0.717) is 29.5 Å². The van der Waals surface area contributed by atoms with Gasteiger partial charge in [0, 0.05) is 31.9 Å². The number of amides is 1. The molecule has 4 aromatic rings. The number of fused-ring (bicyclic) bond motifs is 3. The monoisotopic (exact) mass is 436 g/mol. The molecule has 1 aliphatic rings. The Balaban J connectivity index is 1.27. The van der Waals surface area contributed by atoms with Crippen LogP contribution in [0.2, 0.25) is 0 Å². The average Bonchev–Trinajstić information content (AvgIpc) is 3.20. The Morgan fingerprint density at radius 3 is 2.55 bits per heavy atom. The van der Waals surface area contributed by atoms with E-state index in [2.05, 4.69) is 15.1 Å². The van der Waals surface area contributed by atoms with Crippen LogP contribution in [-0.2, 0) is 4.79 Å². The van der Waals surface area contributed by atoms with Crippen molar-refractivity contribution < 1.29 is 9.18 Å². The number of aryl methyl sites for hydroxylation is 1. The van der Waals surface area contributed by atoms with E-state index in [1.165, 1.54) is 23.9 Å². The van der Waals surface area contributed by atoms with Gasteiger partial charge in [-0.2, -0.15) is 0 Å². The first-order valence-electron chi connectivity index (χ1n) is 10.1. The van der Waals surface area contributed by atoms with Crippen LogP contribution in [0.3, 0.4) is 0 Å². The molecule has 0 N–H and O–H groups in total. The summed E-state index contributed by atoms with van der Waals surface area (Å²) in [5, 5.41) is 9.19. The third kappa shape index (κ3) is 3.81. The second-order valence-corrected chi connectivity index (χ2v) is 8.41. The van der Waals surface area contributed by atoms with E-state index >= 15 is 0 Å². The number of carbonyl (C=O) groups is 1. The molecule has 1 aliphatic heterocycles. The van der Waals surface area contributed by atoms with Crippen LogP contribution in [0.4, 0.5) is 10.1 Å². The summed E-state index contributed by atoms with van der Waals surface area (Å²) in [4.78, 5) is 21.6. The number of aromatic nitrogens is 4. The van der Waals surface area contributed by atoms with E-state index in [4.69, 9.17) is 4.98 Å². The number of hydrogen-bond donors (Lipinski definition) is 0. The molecule has 9 heteroatoms. The third-order valence-corrected chi connectivity index (χ3v) is 6.46. The fraction of sp³-hybridized carbons (Fsp3) is 0.273. The highest BCUT2D eigenvalue weighted by Crippen LogP contribution is 2.26. The van der Waals surface area contributed by atoms with Gasteiger partial charge in [0.2, 0.25) is 5.91 Å². The maximum atomic E-state index is 13.1. The number of thioether (sulfide) groups is 1. The number of piperazine rings is 1. The summed E-state index contributed by atoms with van der Waals surface area (Å²) in [5.41, 5.74) is 3.45. The maximum Gasteiger partial charge on any atom is 0.233 e. The van der Waals surface area contributed by atoms with Gasteiger partial charge in [-0.15, -0.1) is 10.2 Å². The lowest BCUT2D eigenvalue weighted by Crippen LogP contribution is -2.49. The molecule has 0 saturated carbocycles. The first-order chi connectivity index (χ1) is 15.1. The van der Waals surface area contributed by atoms with Crippen LogP contribution in [0.1, 0.15) is 5.82 Å². The van der Waals surface area contributed by atoms with Crippen molar-refractivity contribution in [3.63, 3.8) is 0 Å². The lowest BCUT2D eigenvalue weighted by Gasteiger charge is -2.36. The summed E-state index contributed by atoms with van der Waals surface area (Å²) < 4.78 is 15.1. The van der Waals surface area contributed by atoms with Crippen molar-refractivity contribution in [3.05, 3.63) is 60.2 Å². The molecule has 1 saturated heterocycles. The molecular formula is C22H21FN6OS. The van der Waals surface area contributed by atoms with Gasteiger partial charge in [-0.05, 0) is 43.3 Å². The van der Waals surface area contributed by atoms with Crippen LogP contribution in [0.5, 0.6) is 0 Å². The number of nitrogens with zero attached hydrogens (tertiary/aromatic N) is 6. The second kappa shape index (κ2) is 8.14. The number of anilines is 1. The Hall–Kier alpha value is -3.20. The molecule has 0 unspecified atom stereocenters. The smallest absolute Gasteiger partial charge is 0.233 e. The highest BCUT2D eigenvalue weighted by atomic mass is 32.2. The van der Waals surface area contributed by atoms with Crippen molar-refractivity contribution in [3.8, 4) is 0 Å². The van der Waals surface area contributed by atoms with Crippen molar-refractivity contribution in [1.82, 2.24) is 24.5 Å². The predicted molar refractivity (Wildman–Crippen MR) is 119 cm³/mol. The Kier molecular flexibility index (Phi) is 5.19. The number of halogens is 1. The highest BCUT2D eigenvalue weighted by molar-refractivity contribution is 8.00. The standard InChI is InChI=1S/C22H21FN6OS/c1-15-25-26-21-22(24-18-4-2-3-5-19(18)29(15)21)31-14-20(30)28-12-10-27(11-13-28)17-8-6-16(23)7-9-17/h2-9H,10-14H2,1H3. The molecule has 31 heavy (non-hydrogen) atoms. The SMILES string of the molecule is Cc1nnc2c(SCC(=O)N3CCN(c4ccc(F)cc4)CC3)nc3ccccc3n12. The molecule has 1 amide bonds. The van der Waals surface area contributed by atoms with Crippen molar-refractivity contribution in [2.75, 3.05) is 36.8 Å². The first-order valence-corrected chi connectivity index (χ1v) is 11.1. The van der Waals surface area contributed by atoms with E-state index in [0.717, 1.165) is 35.6 Å². The quantitative estimate of drug-likeness (QED) is 0.458. The minimum absolute atomic E-state index is 0.0769. The van der Waals surface area contributed by atoms with Gasteiger partial charge in [-0.3, -0.25) is 9.20 Å². The van der Waals surface area contributed by atoms with Crippen LogP contribution in [0.25, 0.3) is 16.7 Å². The lowest BCUT2D eigenvalue weighted by molar-refractivity contribution is -0.128. The fourth-order valence-electron chi connectivity index (χ4n) is 3.88. The maximum absolute atomic E-state index is 13.1. The van der Waals surface area contributed by atoms with E-state index < -0.39 is 0 Å². The van der Waals surface area contributed by atoms with Crippen molar-refractivity contribution in [1.29, 1.82) is 0 Å². The van der Waals surface area contributed by atoms with Crippen LogP contribution in [0.15, 0.2) is 53.6 Å². The van der Waals surface area contributed by atoms with Gasteiger partial charge in [0.1, 0.15) is 16.7 Å². The summed E-state index contributed by atoms with van der Waals surface area (Å²) in [6, 6.07) is 14.3. The Morgan fingerprint density at radius 1 is 1.03 bits per heavy atom. The Morgan fingerprint density at radius 2 is 1.77 bits per heavy atom. The number of hydrogen-bond acceptors (Lipinski definition) is 6. The molecule has 1 fully saturated rings. The number of para-hydroxylation sites is 2. The van der Waals surface area contributed by atoms with E-state index in [-0.39, 0.29) is 11.7 Å². The number of rotatable bonds is 4. The van der Waals surface area contributed by atoms with E-state index in [9.17, 15) is 9.18 Å². The largest absolute Gasteiger partial charge is 0.368 e. The van der Waals surface area contributed by atoms with Crippen LogP contribution in [0, 0.1) is 12.7 Å². The van der Waals surface area contributed by atoms with Crippen molar-refractivity contribution in [2.24, 2.45) is 0 Å². The minimum Gasteiger partial charge on any atom is -0.368 e. The van der Waals surface area contributed by atoms with Crippen LogP contribution < -0.4 is 4.90 Å². The van der Waals surface area contributed by atoms with Crippen LogP contribution in [-0.4, -0.2) is 62.3 Å². The number of benzene rings is 2. The van der Waals surface area contributed by atoms with Gasteiger partial charge in [-0.1, -0.05) is 23.9 Å².